The Morgan fingerprint density at radius 2 is 0.683 bits per heavy atom. The van der Waals surface area contributed by atoms with Crippen LogP contribution in [-0.4, -0.2) is 54.3 Å². The van der Waals surface area contributed by atoms with Crippen molar-refractivity contribution in [3.63, 3.8) is 0 Å². The zero-order valence-corrected chi connectivity index (χ0v) is 42.6. The van der Waals surface area contributed by atoms with E-state index in [-0.39, 0.29) is 37.4 Å². The molecule has 0 aliphatic carbocycles. The van der Waals surface area contributed by atoms with Gasteiger partial charge in [-0.15, -0.1) is 0 Å². The summed E-state index contributed by atoms with van der Waals surface area (Å²) in [6.45, 7) is 6.41. The maximum atomic E-state index is 13.8. The molecule has 0 saturated carbocycles. The molecular weight excluding hydrogens is 807 g/mol. The summed E-state index contributed by atoms with van der Waals surface area (Å²) in [5.41, 5.74) is 5.96. The minimum Gasteiger partial charge on any atom is -0.462 e. The van der Waals surface area contributed by atoms with Gasteiger partial charge in [0.1, 0.15) is 12.6 Å². The lowest BCUT2D eigenvalue weighted by molar-refractivity contribution is -0.179. The number of rotatable bonds is 50. The Hall–Kier alpha value is -1.61. The molecule has 0 heterocycles. The number of thiol groups is 1. The van der Waals surface area contributed by atoms with Gasteiger partial charge in [0.15, 0.2) is 18.0 Å². The molecule has 0 aliphatic heterocycles. The van der Waals surface area contributed by atoms with Crippen LogP contribution in [0.2, 0.25) is 0 Å². The fourth-order valence-corrected chi connectivity index (χ4v) is 8.48. The lowest BCUT2D eigenvalue weighted by atomic mass is 10.0. The Morgan fingerprint density at radius 1 is 0.397 bits per heavy atom. The van der Waals surface area contributed by atoms with Crippen LogP contribution in [0.3, 0.4) is 0 Å². The summed E-state index contributed by atoms with van der Waals surface area (Å²) in [5, 5.41) is 0. The number of esters is 3. The lowest BCUT2D eigenvalue weighted by Crippen LogP contribution is -2.47. The third-order valence-electron chi connectivity index (χ3n) is 12.6. The summed E-state index contributed by atoms with van der Waals surface area (Å²) < 4.78 is 17.2. The number of ketones is 1. The minimum absolute atomic E-state index is 0.0379. The quantitative estimate of drug-likeness (QED) is 0.0268. The number of hydrogen-bond donors (Lipinski definition) is 2. The second-order valence-corrected chi connectivity index (χ2v) is 19.2. The zero-order chi connectivity index (χ0) is 46.3. The van der Waals surface area contributed by atoms with Crippen LogP contribution in [0.5, 0.6) is 0 Å². The number of ether oxygens (including phenoxy) is 3. The Labute approximate surface area is 395 Å². The molecule has 372 valence electrons. The van der Waals surface area contributed by atoms with Crippen molar-refractivity contribution in [2.75, 3.05) is 12.4 Å². The number of unbranched alkanes of at least 4 members (excludes halogenated alkanes) is 36. The Bertz CT molecular complexity index is 1040. The van der Waals surface area contributed by atoms with Crippen LogP contribution in [0.15, 0.2) is 0 Å². The second-order valence-electron chi connectivity index (χ2n) is 18.8. The van der Waals surface area contributed by atoms with E-state index in [0.29, 0.717) is 19.3 Å². The highest BCUT2D eigenvalue weighted by molar-refractivity contribution is 7.80. The van der Waals surface area contributed by atoms with E-state index in [2.05, 4.69) is 33.4 Å². The molecule has 1 unspecified atom stereocenters. The summed E-state index contributed by atoms with van der Waals surface area (Å²) in [6.07, 6.45) is 44.7. The predicted octanol–water partition coefficient (Wildman–Crippen LogP) is 15.6. The molecule has 3 atom stereocenters. The van der Waals surface area contributed by atoms with E-state index >= 15 is 0 Å². The van der Waals surface area contributed by atoms with Crippen molar-refractivity contribution in [1.82, 2.24) is 0 Å². The van der Waals surface area contributed by atoms with Crippen LogP contribution in [0.1, 0.15) is 290 Å². The maximum absolute atomic E-state index is 13.8. The molecule has 0 aliphatic rings. The standard InChI is InChI=1S/C54H103NO7S/c1-4-7-10-13-16-19-22-25-28-31-34-37-40-43-49(56)53(62-54(59)48(55)47-63)50(61-52(58)45-42-39-36-33-30-27-24-21-18-15-12-9-6-3)46-60-51(57)44-41-38-35-32-29-26-23-20-17-14-11-8-5-2/h48,50,53,63H,4-47,55H2,1-3H3/t48-,50?,53+/m0/s1. The van der Waals surface area contributed by atoms with Gasteiger partial charge < -0.3 is 19.9 Å². The number of nitrogens with two attached hydrogens (primary N) is 1. The van der Waals surface area contributed by atoms with Gasteiger partial charge in [0.25, 0.3) is 0 Å². The van der Waals surface area contributed by atoms with Crippen LogP contribution in [0, 0.1) is 0 Å². The van der Waals surface area contributed by atoms with Crippen LogP contribution < -0.4 is 5.73 Å². The first-order chi connectivity index (χ1) is 30.8. The van der Waals surface area contributed by atoms with Crippen molar-refractivity contribution in [3.8, 4) is 0 Å². The molecule has 2 N–H and O–H groups in total. The normalized spacial score (nSPS) is 12.8. The topological polar surface area (TPSA) is 122 Å². The smallest absolute Gasteiger partial charge is 0.324 e. The molecule has 0 fully saturated rings. The first-order valence-electron chi connectivity index (χ1n) is 27.2. The van der Waals surface area contributed by atoms with Crippen molar-refractivity contribution >= 4 is 36.3 Å². The summed E-state index contributed by atoms with van der Waals surface area (Å²) in [4.78, 5) is 52.9. The number of hydrogen-bond acceptors (Lipinski definition) is 9. The maximum Gasteiger partial charge on any atom is 0.324 e. The lowest BCUT2D eigenvalue weighted by Gasteiger charge is -2.27. The van der Waals surface area contributed by atoms with Gasteiger partial charge in [0.2, 0.25) is 0 Å². The SMILES string of the molecule is CCCCCCCCCCCCCCCC(=O)OCC(OC(=O)CCCCCCCCCCCCCCC)[C@H](OC(=O)[C@@H](N)CS)C(=O)CCCCCCCCCCCCCCC. The molecule has 0 radical (unpaired) electrons. The van der Waals surface area contributed by atoms with Crippen LogP contribution in [0.25, 0.3) is 0 Å². The third kappa shape index (κ3) is 41.6. The van der Waals surface area contributed by atoms with Crippen molar-refractivity contribution in [3.05, 3.63) is 0 Å². The fourth-order valence-electron chi connectivity index (χ4n) is 8.33. The van der Waals surface area contributed by atoms with Crippen molar-refractivity contribution in [1.29, 1.82) is 0 Å². The number of Topliss-reactive ketones (excluding diaryl/α,β-unsaturated/α-hetero) is 1. The van der Waals surface area contributed by atoms with Gasteiger partial charge in [-0.3, -0.25) is 19.2 Å². The van der Waals surface area contributed by atoms with Gasteiger partial charge in [0.05, 0.1) is 0 Å². The van der Waals surface area contributed by atoms with E-state index in [0.717, 1.165) is 51.4 Å². The molecular formula is C54H103NO7S. The average molecular weight is 910 g/mol. The second kappa shape index (κ2) is 48.3. The highest BCUT2D eigenvalue weighted by Gasteiger charge is 2.36. The van der Waals surface area contributed by atoms with Gasteiger partial charge in [-0.25, -0.2) is 0 Å². The van der Waals surface area contributed by atoms with E-state index < -0.39 is 36.2 Å². The Kier molecular flexibility index (Phi) is 47.1. The highest BCUT2D eigenvalue weighted by Crippen LogP contribution is 2.19. The molecule has 9 heteroatoms. The minimum atomic E-state index is -1.40. The largest absolute Gasteiger partial charge is 0.462 e. The molecule has 0 spiro atoms. The summed E-state index contributed by atoms with van der Waals surface area (Å²) in [5.74, 6) is -1.98. The van der Waals surface area contributed by atoms with Gasteiger partial charge in [-0.1, -0.05) is 252 Å². The zero-order valence-electron chi connectivity index (χ0n) is 41.7. The van der Waals surface area contributed by atoms with E-state index in [1.807, 2.05) is 0 Å². The Balaban J connectivity index is 5.09. The molecule has 8 nitrogen and oxygen atoms in total. The van der Waals surface area contributed by atoms with E-state index in [4.69, 9.17) is 19.9 Å². The van der Waals surface area contributed by atoms with E-state index in [1.54, 1.807) is 0 Å². The van der Waals surface area contributed by atoms with E-state index in [1.165, 1.54) is 180 Å². The van der Waals surface area contributed by atoms with Gasteiger partial charge in [0, 0.05) is 25.0 Å². The summed E-state index contributed by atoms with van der Waals surface area (Å²) in [6, 6.07) is -1.04. The molecule has 0 aromatic carbocycles. The summed E-state index contributed by atoms with van der Waals surface area (Å²) in [7, 11) is 0. The average Bonchev–Trinajstić information content (AvgIpc) is 3.28. The molecule has 0 aromatic heterocycles. The van der Waals surface area contributed by atoms with E-state index in [9.17, 15) is 19.2 Å². The highest BCUT2D eigenvalue weighted by atomic mass is 32.1. The van der Waals surface area contributed by atoms with Gasteiger partial charge >= 0.3 is 17.9 Å². The fraction of sp³-hybridized carbons (Fsp3) is 0.926. The number of carbonyl (C=O) groups excluding carboxylic acids is 4. The molecule has 63 heavy (non-hydrogen) atoms. The number of carbonyl (C=O) groups is 4. The van der Waals surface area contributed by atoms with Crippen molar-refractivity contribution in [2.24, 2.45) is 5.73 Å². The van der Waals surface area contributed by atoms with Crippen LogP contribution >= 0.6 is 12.6 Å². The van der Waals surface area contributed by atoms with Crippen molar-refractivity contribution in [2.45, 2.75) is 309 Å². The summed E-state index contributed by atoms with van der Waals surface area (Å²) >= 11 is 4.15. The first-order valence-corrected chi connectivity index (χ1v) is 27.9. The van der Waals surface area contributed by atoms with Crippen molar-refractivity contribution < 1.29 is 33.4 Å². The van der Waals surface area contributed by atoms with Crippen LogP contribution in [0.4, 0.5) is 0 Å². The third-order valence-corrected chi connectivity index (χ3v) is 13.0. The first kappa shape index (κ1) is 61.4. The molecule has 0 bridgehead atoms. The van der Waals surface area contributed by atoms with Gasteiger partial charge in [-0.05, 0) is 19.3 Å². The monoisotopic (exact) mass is 910 g/mol. The van der Waals surface area contributed by atoms with Crippen LogP contribution in [-0.2, 0) is 33.4 Å². The molecule has 0 aromatic rings. The molecule has 0 rings (SSSR count). The molecule has 0 saturated heterocycles. The molecule has 0 amide bonds. The Morgan fingerprint density at radius 3 is 1.00 bits per heavy atom. The predicted molar refractivity (Wildman–Crippen MR) is 268 cm³/mol. The van der Waals surface area contributed by atoms with Gasteiger partial charge in [-0.2, -0.15) is 12.6 Å².